The fourth-order valence-electron chi connectivity index (χ4n) is 12.0. The van der Waals surface area contributed by atoms with E-state index in [0.717, 1.165) is 62.4 Å². The molecular weight excluding hydrogens is 1100 g/mol. The Balaban J connectivity index is 1.63. The lowest BCUT2D eigenvalue weighted by Gasteiger charge is -2.20. The van der Waals surface area contributed by atoms with E-state index in [1.807, 2.05) is 0 Å². The molecule has 3 N–H and O–H groups in total. The smallest absolute Gasteiger partial charge is 0.344 e. The van der Waals surface area contributed by atoms with Crippen molar-refractivity contribution in [2.24, 2.45) is 0 Å². The summed E-state index contributed by atoms with van der Waals surface area (Å²) in [6.45, 7) is 8.18. The highest BCUT2D eigenvalue weighted by Crippen LogP contribution is 2.40. The van der Waals surface area contributed by atoms with Gasteiger partial charge in [0, 0.05) is 11.8 Å². The minimum Gasteiger partial charge on any atom is -0.490 e. The van der Waals surface area contributed by atoms with Crippen molar-refractivity contribution < 1.29 is 48.2 Å². The predicted molar refractivity (Wildman–Crippen MR) is 355 cm³/mol. The number of aliphatic hydroxyl groups excluding tert-OH is 2. The van der Waals surface area contributed by atoms with Crippen LogP contribution in [0.4, 0.5) is 0 Å². The number of hydrogen-bond donors (Lipinski definition) is 3. The maximum atomic E-state index is 13.9. The molecule has 0 bridgehead atoms. The minimum atomic E-state index is -1.60. The van der Waals surface area contributed by atoms with Crippen molar-refractivity contribution in [2.75, 3.05) is 33.0 Å². The molecule has 1 saturated heterocycles. The zero-order valence-corrected chi connectivity index (χ0v) is 55.9. The second-order valence-electron chi connectivity index (χ2n) is 25.5. The molecule has 14 nitrogen and oxygen atoms in total. The molecule has 1 aromatic heterocycles. The summed E-state index contributed by atoms with van der Waals surface area (Å²) in [6.07, 6.45) is 56.8. The van der Waals surface area contributed by atoms with Crippen LogP contribution in [0, 0.1) is 6.92 Å². The summed E-state index contributed by atoms with van der Waals surface area (Å²) in [5, 5.41) is 21.3. The molecule has 3 rings (SSSR count). The number of nitrogens with zero attached hydrogens (tertiary/aromatic N) is 1. The van der Waals surface area contributed by atoms with Gasteiger partial charge < -0.3 is 38.6 Å². The Bertz CT molecular complexity index is 2050. The van der Waals surface area contributed by atoms with Crippen molar-refractivity contribution in [1.82, 2.24) is 9.55 Å². The molecule has 1 aliphatic heterocycles. The van der Waals surface area contributed by atoms with E-state index in [0.29, 0.717) is 37.1 Å². The first-order chi connectivity index (χ1) is 42.6. The lowest BCUT2D eigenvalue weighted by Crippen LogP contribution is -2.41. The van der Waals surface area contributed by atoms with Crippen LogP contribution in [0.3, 0.4) is 0 Å². The molecule has 14 heteroatoms. The second-order valence-corrected chi connectivity index (χ2v) is 25.5. The molecule has 0 aliphatic carbocycles. The molecule has 0 spiro atoms. The lowest BCUT2D eigenvalue weighted by atomic mass is 10.0. The topological polar surface area (TPSA) is 185 Å². The number of aromatic amines is 1. The van der Waals surface area contributed by atoms with E-state index >= 15 is 0 Å². The van der Waals surface area contributed by atoms with Gasteiger partial charge in [-0.3, -0.25) is 14.3 Å². The van der Waals surface area contributed by atoms with Crippen LogP contribution in [0.5, 0.6) is 17.2 Å². The number of carbonyl (C=O) groups is 2. The first-order valence-electron chi connectivity index (χ1n) is 36.3. The van der Waals surface area contributed by atoms with Crippen LogP contribution in [-0.2, 0) is 19.0 Å². The maximum Gasteiger partial charge on any atom is 0.344 e. The summed E-state index contributed by atoms with van der Waals surface area (Å²) >= 11 is 0. The highest BCUT2D eigenvalue weighted by atomic mass is 16.6. The number of benzene rings is 1. The molecule has 502 valence electrons. The van der Waals surface area contributed by atoms with Gasteiger partial charge in [0.2, 0.25) is 5.75 Å². The number of aromatic nitrogens is 2. The van der Waals surface area contributed by atoms with Crippen molar-refractivity contribution in [3.63, 3.8) is 0 Å². The molecule has 4 atom stereocenters. The quantitative estimate of drug-likeness (QED) is 0.0421. The van der Waals surface area contributed by atoms with Crippen molar-refractivity contribution in [2.45, 2.75) is 360 Å². The number of aliphatic hydroxyl groups is 2. The van der Waals surface area contributed by atoms with Gasteiger partial charge in [0.05, 0.1) is 32.0 Å². The molecule has 1 aliphatic rings. The van der Waals surface area contributed by atoms with Gasteiger partial charge in [-0.2, -0.15) is 0 Å². The van der Waals surface area contributed by atoms with E-state index in [2.05, 4.69) is 25.8 Å². The Kier molecular flexibility index (Phi) is 47.0. The van der Waals surface area contributed by atoms with Gasteiger partial charge in [-0.1, -0.05) is 310 Å². The van der Waals surface area contributed by atoms with E-state index in [1.165, 1.54) is 264 Å². The molecule has 2 heterocycles. The first kappa shape index (κ1) is 77.4. The highest BCUT2D eigenvalue weighted by Gasteiger charge is 2.47. The Labute approximate surface area is 528 Å². The number of rotatable bonds is 60. The average molecular weight is 1230 g/mol. The van der Waals surface area contributed by atoms with Crippen LogP contribution in [0.15, 0.2) is 27.9 Å². The Hall–Kier alpha value is -3.88. The average Bonchev–Trinajstić information content (AvgIpc) is 2.33. The molecule has 1 aromatic carbocycles. The monoisotopic (exact) mass is 1220 g/mol. The van der Waals surface area contributed by atoms with E-state index in [9.17, 15) is 29.4 Å². The SMILES string of the molecule is CCCCCCCCCCCCCCCCCCOc1cc(C(=O)OCC(=O)O[C@H]2[C@@H](O)[C@H](n3cc(C)c(=O)[nH]c3=O)O[C@@H]2CO)cc(OCCCCCCCCCCCCCCCCCC)c1OCCCCCCCCCCCCCCCCCC. The first-order valence-corrected chi connectivity index (χ1v) is 36.3. The Morgan fingerprint density at radius 3 is 1.15 bits per heavy atom. The zero-order valence-electron chi connectivity index (χ0n) is 55.9. The van der Waals surface area contributed by atoms with Gasteiger partial charge in [-0.15, -0.1) is 0 Å². The van der Waals surface area contributed by atoms with Gasteiger partial charge in [0.25, 0.3) is 5.56 Å². The molecule has 2 aromatic rings. The van der Waals surface area contributed by atoms with Gasteiger partial charge in [0.15, 0.2) is 30.4 Å². The standard InChI is InChI=1S/C73H128N2O12/c1-5-8-11-14-17-20-23-26-29-32-35-38-41-44-47-50-53-82-63-56-62(72(80)85-60-66(77)87-69-65(59-76)86-71(67(69)78)75-58-61(4)70(79)74-73(75)81)57-64(83-54-51-48-45-42-39-36-33-30-27-24-21-18-15-12-9-6-2)68(63)84-55-52-49-46-43-40-37-34-31-28-25-22-19-16-13-10-7-3/h56-58,65,67,69,71,76,78H,5-55,59-60H2,1-4H3,(H,74,79,81)/t65-,67-,69-,71-/m1/s1. The number of aryl methyl sites for hydroxylation is 1. The minimum absolute atomic E-state index is 0.117. The van der Waals surface area contributed by atoms with Crippen LogP contribution in [0.2, 0.25) is 0 Å². The molecule has 0 amide bonds. The van der Waals surface area contributed by atoms with Crippen molar-refractivity contribution in [3.8, 4) is 17.2 Å². The predicted octanol–water partition coefficient (Wildman–Crippen LogP) is 18.8. The van der Waals surface area contributed by atoms with Gasteiger partial charge in [0.1, 0.15) is 12.2 Å². The fourth-order valence-corrected chi connectivity index (χ4v) is 12.0. The third-order valence-corrected chi connectivity index (χ3v) is 17.5. The summed E-state index contributed by atoms with van der Waals surface area (Å²) in [7, 11) is 0. The molecule has 87 heavy (non-hydrogen) atoms. The molecular formula is C73H128N2O12. The number of hydrogen-bond acceptors (Lipinski definition) is 12. The van der Waals surface area contributed by atoms with E-state index in [1.54, 1.807) is 12.1 Å². The zero-order chi connectivity index (χ0) is 62.6. The van der Waals surface area contributed by atoms with Gasteiger partial charge >= 0.3 is 17.6 Å². The van der Waals surface area contributed by atoms with Crippen molar-refractivity contribution in [3.05, 3.63) is 50.3 Å². The van der Waals surface area contributed by atoms with E-state index in [-0.39, 0.29) is 11.1 Å². The van der Waals surface area contributed by atoms with Crippen LogP contribution in [0.1, 0.15) is 351 Å². The molecule has 0 unspecified atom stereocenters. The number of ether oxygens (including phenoxy) is 6. The summed E-state index contributed by atoms with van der Waals surface area (Å²) in [4.78, 5) is 54.1. The van der Waals surface area contributed by atoms with Gasteiger partial charge in [-0.05, 0) is 38.3 Å². The highest BCUT2D eigenvalue weighted by molar-refractivity contribution is 5.92. The maximum absolute atomic E-state index is 13.9. The summed E-state index contributed by atoms with van der Waals surface area (Å²) in [6, 6.07) is 3.21. The third-order valence-electron chi connectivity index (χ3n) is 17.5. The lowest BCUT2D eigenvalue weighted by molar-refractivity contribution is -0.160. The van der Waals surface area contributed by atoms with Crippen molar-refractivity contribution in [1.29, 1.82) is 0 Å². The van der Waals surface area contributed by atoms with Crippen LogP contribution in [0.25, 0.3) is 0 Å². The van der Waals surface area contributed by atoms with Gasteiger partial charge in [-0.25, -0.2) is 14.4 Å². The largest absolute Gasteiger partial charge is 0.490 e. The van der Waals surface area contributed by atoms with E-state index < -0.39 is 60.9 Å². The Morgan fingerprint density at radius 1 is 0.494 bits per heavy atom. The number of esters is 2. The number of H-pyrrole nitrogens is 1. The molecule has 1 fully saturated rings. The summed E-state index contributed by atoms with van der Waals surface area (Å²) in [5.41, 5.74) is -1.13. The number of nitrogens with one attached hydrogen (secondary N) is 1. The van der Waals surface area contributed by atoms with Crippen molar-refractivity contribution >= 4 is 11.9 Å². The number of unbranched alkanes of at least 4 members (excludes halogenated alkanes) is 45. The van der Waals surface area contributed by atoms with E-state index in [4.69, 9.17) is 28.4 Å². The summed E-state index contributed by atoms with van der Waals surface area (Å²) in [5.74, 6) is -0.564. The summed E-state index contributed by atoms with van der Waals surface area (Å²) < 4.78 is 37.4. The fraction of sp³-hybridized carbons (Fsp3) is 0.836. The normalized spacial score (nSPS) is 15.7. The molecule has 0 radical (unpaired) electrons. The molecule has 0 saturated carbocycles. The van der Waals surface area contributed by atoms with Crippen LogP contribution < -0.4 is 25.5 Å². The Morgan fingerprint density at radius 2 is 0.816 bits per heavy atom. The van der Waals surface area contributed by atoms with Crippen LogP contribution >= 0.6 is 0 Å². The second kappa shape index (κ2) is 52.8. The number of carbonyl (C=O) groups excluding carboxylic acids is 2. The third kappa shape index (κ3) is 36.5. The van der Waals surface area contributed by atoms with Crippen LogP contribution in [-0.4, -0.2) is 83.0 Å².